The first-order chi connectivity index (χ1) is 27.3. The van der Waals surface area contributed by atoms with Crippen LogP contribution in [0.5, 0.6) is 11.5 Å². The molecule has 3 aliphatic heterocycles. The van der Waals surface area contributed by atoms with E-state index in [9.17, 15) is 0 Å². The van der Waals surface area contributed by atoms with Crippen molar-refractivity contribution in [1.82, 2.24) is 9.78 Å². The number of fused-ring (bicyclic) bond motifs is 4. The highest BCUT2D eigenvalue weighted by Gasteiger charge is 2.42. The lowest BCUT2D eigenvalue weighted by atomic mass is 9.34. The lowest BCUT2D eigenvalue weighted by Crippen LogP contribution is -2.59. The Hall–Kier alpha value is -7.25. The SMILES string of the molecule is C1=CN(c2c(-c3ccccc3)cccc2-c2ccccc2)CN1c1ccc2c(c1)B1c3cc(-n4cccn4)ccc3N(c3ccccc3)c3cccc(c31)O2. The fraction of sp³-hybridized carbons (Fsp3) is 0.0208. The van der Waals surface area contributed by atoms with Gasteiger partial charge in [-0.15, -0.1) is 0 Å². The molecule has 0 amide bonds. The second kappa shape index (κ2) is 12.7. The van der Waals surface area contributed by atoms with Crippen LogP contribution in [0.3, 0.4) is 0 Å². The van der Waals surface area contributed by atoms with Crippen LogP contribution in [0.1, 0.15) is 0 Å². The third-order valence-electron chi connectivity index (χ3n) is 11.0. The number of rotatable bonds is 6. The molecule has 3 aliphatic rings. The summed E-state index contributed by atoms with van der Waals surface area (Å²) in [4.78, 5) is 7.07. The number of nitrogens with zero attached hydrogens (tertiary/aromatic N) is 5. The predicted molar refractivity (Wildman–Crippen MR) is 226 cm³/mol. The average Bonchev–Trinajstić information content (AvgIpc) is 3.98. The number of hydrogen-bond donors (Lipinski definition) is 0. The molecule has 0 spiro atoms. The summed E-state index contributed by atoms with van der Waals surface area (Å²) in [7, 11) is 0. The molecule has 0 unspecified atom stereocenters. The molecular weight excluding hydrogens is 673 g/mol. The van der Waals surface area contributed by atoms with E-state index < -0.39 is 0 Å². The van der Waals surface area contributed by atoms with Crippen LogP contribution in [0.25, 0.3) is 27.9 Å². The monoisotopic (exact) mass is 707 g/mol. The number of ether oxygens (including phenoxy) is 1. The van der Waals surface area contributed by atoms with Gasteiger partial charge >= 0.3 is 0 Å². The molecule has 6 nitrogen and oxygen atoms in total. The van der Waals surface area contributed by atoms with Gasteiger partial charge in [0, 0.05) is 58.7 Å². The summed E-state index contributed by atoms with van der Waals surface area (Å²) in [5, 5.41) is 4.59. The number of benzene rings is 7. The minimum atomic E-state index is -0.0495. The Kier molecular flexibility index (Phi) is 7.23. The molecule has 7 heteroatoms. The fourth-order valence-electron chi connectivity index (χ4n) is 8.55. The normalized spacial score (nSPS) is 13.7. The molecule has 0 aliphatic carbocycles. The van der Waals surface area contributed by atoms with Gasteiger partial charge in [0.05, 0.1) is 18.0 Å². The van der Waals surface area contributed by atoms with Gasteiger partial charge < -0.3 is 19.4 Å². The first kappa shape index (κ1) is 31.3. The quantitative estimate of drug-likeness (QED) is 0.161. The Labute approximate surface area is 320 Å². The summed E-state index contributed by atoms with van der Waals surface area (Å²) in [5.74, 6) is 1.76. The molecule has 260 valence electrons. The largest absolute Gasteiger partial charge is 0.458 e. The molecule has 1 aromatic heterocycles. The lowest BCUT2D eigenvalue weighted by molar-refractivity contribution is 0.487. The summed E-state index contributed by atoms with van der Waals surface area (Å²) in [6, 6.07) is 60.3. The molecule has 0 N–H and O–H groups in total. The van der Waals surface area contributed by atoms with E-state index in [2.05, 4.69) is 196 Å². The Morgan fingerprint density at radius 1 is 0.509 bits per heavy atom. The molecule has 8 aromatic rings. The molecule has 0 fully saturated rings. The second-order valence-electron chi connectivity index (χ2n) is 14.1. The van der Waals surface area contributed by atoms with Crippen LogP contribution in [0, 0.1) is 0 Å². The molecule has 0 atom stereocenters. The molecule has 0 saturated carbocycles. The fourth-order valence-corrected chi connectivity index (χ4v) is 8.55. The average molecular weight is 708 g/mol. The maximum Gasteiger partial charge on any atom is 0.256 e. The Morgan fingerprint density at radius 3 is 1.91 bits per heavy atom. The minimum absolute atomic E-state index is 0.0495. The van der Waals surface area contributed by atoms with E-state index in [1.54, 1.807) is 0 Å². The van der Waals surface area contributed by atoms with Gasteiger partial charge in [0.1, 0.15) is 11.5 Å². The third-order valence-corrected chi connectivity index (χ3v) is 11.0. The number of para-hydroxylation sites is 2. The molecule has 11 rings (SSSR count). The van der Waals surface area contributed by atoms with E-state index in [0.29, 0.717) is 6.67 Å². The first-order valence-electron chi connectivity index (χ1n) is 18.7. The maximum absolute atomic E-state index is 6.77. The van der Waals surface area contributed by atoms with E-state index in [0.717, 1.165) is 45.4 Å². The van der Waals surface area contributed by atoms with Crippen LogP contribution < -0.4 is 35.8 Å². The van der Waals surface area contributed by atoms with Crippen molar-refractivity contribution in [2.24, 2.45) is 0 Å². The van der Waals surface area contributed by atoms with Gasteiger partial charge in [-0.25, -0.2) is 4.68 Å². The number of aromatic nitrogens is 2. The van der Waals surface area contributed by atoms with Crippen LogP contribution in [-0.4, -0.2) is 23.2 Å². The lowest BCUT2D eigenvalue weighted by Gasteiger charge is -2.40. The van der Waals surface area contributed by atoms with Crippen molar-refractivity contribution in [3.8, 4) is 39.4 Å². The molecule has 55 heavy (non-hydrogen) atoms. The highest BCUT2D eigenvalue weighted by atomic mass is 16.5. The summed E-state index contributed by atoms with van der Waals surface area (Å²) >= 11 is 0. The van der Waals surface area contributed by atoms with Crippen molar-refractivity contribution >= 4 is 51.5 Å². The first-order valence-corrected chi connectivity index (χ1v) is 18.7. The van der Waals surface area contributed by atoms with Crippen LogP contribution in [0.2, 0.25) is 0 Å². The zero-order chi connectivity index (χ0) is 36.3. The van der Waals surface area contributed by atoms with Gasteiger partial charge in [-0.1, -0.05) is 103 Å². The molecule has 0 saturated heterocycles. The maximum atomic E-state index is 6.77. The van der Waals surface area contributed by atoms with Crippen molar-refractivity contribution in [2.75, 3.05) is 21.4 Å². The minimum Gasteiger partial charge on any atom is -0.458 e. The van der Waals surface area contributed by atoms with E-state index in [4.69, 9.17) is 4.74 Å². The Morgan fingerprint density at radius 2 is 1.18 bits per heavy atom. The van der Waals surface area contributed by atoms with Gasteiger partial charge in [-0.05, 0) is 94.2 Å². The topological polar surface area (TPSA) is 36.8 Å². The Balaban J connectivity index is 1.02. The van der Waals surface area contributed by atoms with Gasteiger partial charge in [0.2, 0.25) is 0 Å². The highest BCUT2D eigenvalue weighted by Crippen LogP contribution is 2.43. The molecule has 0 radical (unpaired) electrons. The smallest absolute Gasteiger partial charge is 0.256 e. The second-order valence-corrected chi connectivity index (χ2v) is 14.1. The number of hydrogen-bond acceptors (Lipinski definition) is 5. The molecular formula is C48H34BN5O. The summed E-state index contributed by atoms with van der Waals surface area (Å²) in [6.45, 7) is 0.615. The highest BCUT2D eigenvalue weighted by molar-refractivity contribution is 6.99. The third kappa shape index (κ3) is 5.16. The van der Waals surface area contributed by atoms with E-state index >= 15 is 0 Å². The summed E-state index contributed by atoms with van der Waals surface area (Å²) < 4.78 is 8.71. The van der Waals surface area contributed by atoms with Crippen molar-refractivity contribution < 1.29 is 4.74 Å². The van der Waals surface area contributed by atoms with E-state index in [1.807, 2.05) is 23.1 Å². The standard InChI is InChI=1S/C48H34BN5O/c1-4-13-34(14-5-1)39-19-10-20-40(35-15-6-2-7-16-35)48(39)52-30-29-51(33-52)37-24-26-45-42(31-37)49-41-32-38(53-28-12-27-50-53)23-25-43(41)54(36-17-8-3-9-18-36)44-21-11-22-46(55-45)47(44)49/h1-32H,33H2. The zero-order valence-corrected chi connectivity index (χ0v) is 29.9. The summed E-state index contributed by atoms with van der Waals surface area (Å²) in [5.41, 5.74) is 15.0. The van der Waals surface area contributed by atoms with Crippen LogP contribution >= 0.6 is 0 Å². The van der Waals surface area contributed by atoms with Gasteiger partial charge in [0.15, 0.2) is 0 Å². The van der Waals surface area contributed by atoms with E-state index in [-0.39, 0.29) is 6.71 Å². The van der Waals surface area contributed by atoms with Crippen molar-refractivity contribution in [1.29, 1.82) is 0 Å². The van der Waals surface area contributed by atoms with Gasteiger partial charge in [0.25, 0.3) is 6.71 Å². The van der Waals surface area contributed by atoms with Gasteiger partial charge in [-0.3, -0.25) is 0 Å². The Bertz CT molecular complexity index is 2680. The van der Waals surface area contributed by atoms with Crippen LogP contribution in [0.15, 0.2) is 195 Å². The molecule has 4 heterocycles. The van der Waals surface area contributed by atoms with Crippen LogP contribution in [0.4, 0.5) is 28.4 Å². The summed E-state index contributed by atoms with van der Waals surface area (Å²) in [6.07, 6.45) is 8.23. The van der Waals surface area contributed by atoms with Crippen molar-refractivity contribution in [3.05, 3.63) is 195 Å². The van der Waals surface area contributed by atoms with E-state index in [1.165, 1.54) is 38.9 Å². The molecule has 0 bridgehead atoms. The number of anilines is 5. The van der Waals surface area contributed by atoms with Crippen molar-refractivity contribution in [3.63, 3.8) is 0 Å². The molecule has 7 aromatic carbocycles. The van der Waals surface area contributed by atoms with Gasteiger partial charge in [-0.2, -0.15) is 5.10 Å². The predicted octanol–water partition coefficient (Wildman–Crippen LogP) is 9.37. The van der Waals surface area contributed by atoms with Crippen molar-refractivity contribution in [2.45, 2.75) is 0 Å². The zero-order valence-electron chi connectivity index (χ0n) is 29.9. The van der Waals surface area contributed by atoms with Crippen LogP contribution in [-0.2, 0) is 0 Å².